The number of para-hydroxylation sites is 2. The maximum atomic E-state index is 13.9. The normalized spacial score (nSPS) is 19.2. The van der Waals surface area contributed by atoms with Crippen molar-refractivity contribution in [2.75, 3.05) is 42.6 Å². The molecule has 0 bridgehead atoms. The number of nitrogens with zero attached hydrogens (tertiary/aromatic N) is 4. The fourth-order valence-electron chi connectivity index (χ4n) is 6.29. The van der Waals surface area contributed by atoms with Crippen molar-refractivity contribution in [3.63, 3.8) is 0 Å². The first-order valence-corrected chi connectivity index (χ1v) is 13.4. The van der Waals surface area contributed by atoms with Crippen molar-refractivity contribution < 1.29 is 9.59 Å². The van der Waals surface area contributed by atoms with Crippen LogP contribution in [0.3, 0.4) is 0 Å². The summed E-state index contributed by atoms with van der Waals surface area (Å²) in [5.41, 5.74) is 3.99. The van der Waals surface area contributed by atoms with E-state index < -0.39 is 5.54 Å². The number of carbonyl (C=O) groups is 2. The van der Waals surface area contributed by atoms with Gasteiger partial charge in [0.15, 0.2) is 0 Å². The van der Waals surface area contributed by atoms with Crippen LogP contribution in [0.15, 0.2) is 84.9 Å². The van der Waals surface area contributed by atoms with Gasteiger partial charge in [-0.25, -0.2) is 0 Å². The maximum absolute atomic E-state index is 13.9. The van der Waals surface area contributed by atoms with E-state index in [9.17, 15) is 9.59 Å². The minimum Gasteiger partial charge on any atom is -0.339 e. The molecule has 2 saturated heterocycles. The van der Waals surface area contributed by atoms with Gasteiger partial charge >= 0.3 is 0 Å². The zero-order chi connectivity index (χ0) is 25.2. The molecule has 0 radical (unpaired) electrons. The lowest BCUT2D eigenvalue weighted by molar-refractivity contribution is -0.134. The number of benzene rings is 3. The van der Waals surface area contributed by atoms with Crippen LogP contribution in [0.2, 0.25) is 0 Å². The molecule has 1 spiro atoms. The van der Waals surface area contributed by atoms with Gasteiger partial charge in [-0.1, -0.05) is 66.7 Å². The summed E-state index contributed by atoms with van der Waals surface area (Å²) in [6, 6.07) is 28.8. The van der Waals surface area contributed by atoms with Crippen molar-refractivity contribution in [3.8, 4) is 0 Å². The van der Waals surface area contributed by atoms with Crippen LogP contribution >= 0.6 is 0 Å². The molecule has 2 fully saturated rings. The van der Waals surface area contributed by atoms with Gasteiger partial charge in [-0.15, -0.1) is 0 Å². The van der Waals surface area contributed by atoms with Gasteiger partial charge in [0, 0.05) is 37.6 Å². The number of anilines is 2. The molecule has 0 aliphatic carbocycles. The molecule has 3 aromatic rings. The minimum atomic E-state index is -0.490. The molecule has 3 aliphatic heterocycles. The van der Waals surface area contributed by atoms with Crippen molar-refractivity contribution in [2.45, 2.75) is 37.8 Å². The van der Waals surface area contributed by atoms with E-state index in [4.69, 9.17) is 0 Å². The van der Waals surface area contributed by atoms with Gasteiger partial charge in [0.25, 0.3) is 0 Å². The second-order valence-electron chi connectivity index (χ2n) is 10.5. The summed E-state index contributed by atoms with van der Waals surface area (Å²) in [6.07, 6.45) is 3.08. The highest BCUT2D eigenvalue weighted by atomic mass is 16.2. The summed E-state index contributed by atoms with van der Waals surface area (Å²) in [4.78, 5) is 35.2. The Bertz CT molecular complexity index is 1250. The molecule has 6 heteroatoms. The van der Waals surface area contributed by atoms with Crippen molar-refractivity contribution in [1.29, 1.82) is 0 Å². The van der Waals surface area contributed by atoms with Crippen LogP contribution in [0.1, 0.15) is 30.4 Å². The predicted octanol–water partition coefficient (Wildman–Crippen LogP) is 4.31. The van der Waals surface area contributed by atoms with Gasteiger partial charge in [-0.3, -0.25) is 9.59 Å². The summed E-state index contributed by atoms with van der Waals surface area (Å²) in [5.74, 6) is 0.450. The topological polar surface area (TPSA) is 47.1 Å². The molecule has 190 valence electrons. The first kappa shape index (κ1) is 23.7. The van der Waals surface area contributed by atoms with Gasteiger partial charge in [0.2, 0.25) is 11.8 Å². The fourth-order valence-corrected chi connectivity index (χ4v) is 6.29. The lowest BCUT2D eigenvalue weighted by atomic mass is 9.85. The average molecular weight is 495 g/mol. The van der Waals surface area contributed by atoms with Crippen LogP contribution in [0.5, 0.6) is 0 Å². The summed E-state index contributed by atoms with van der Waals surface area (Å²) in [6.45, 7) is 4.72. The Morgan fingerprint density at radius 2 is 1.43 bits per heavy atom. The van der Waals surface area contributed by atoms with E-state index in [1.54, 1.807) is 0 Å². The zero-order valence-corrected chi connectivity index (χ0v) is 21.3. The van der Waals surface area contributed by atoms with Gasteiger partial charge in [-0.2, -0.15) is 0 Å². The molecule has 0 aromatic heterocycles. The van der Waals surface area contributed by atoms with E-state index in [2.05, 4.69) is 58.3 Å². The highest BCUT2D eigenvalue weighted by Gasteiger charge is 2.53. The number of piperidine rings is 1. The standard InChI is InChI=1S/C31H34N4O2/c36-29-22-26-12-7-8-15-28(26)34(29)19-9-18-32-20-16-31(17-21-32)30(37)33(23-25-10-3-1-4-11-25)24-35(31)27-13-5-2-6-14-27/h1-8,10-15H,9,16-24H2. The van der Waals surface area contributed by atoms with Gasteiger partial charge in [-0.05, 0) is 55.1 Å². The maximum Gasteiger partial charge on any atom is 0.250 e. The van der Waals surface area contributed by atoms with Crippen molar-refractivity contribution >= 4 is 23.2 Å². The first-order valence-electron chi connectivity index (χ1n) is 13.4. The third-order valence-electron chi connectivity index (χ3n) is 8.26. The van der Waals surface area contributed by atoms with Crippen LogP contribution in [0, 0.1) is 0 Å². The molecule has 2 amide bonds. The number of amides is 2. The van der Waals surface area contributed by atoms with Crippen molar-refractivity contribution in [3.05, 3.63) is 96.1 Å². The van der Waals surface area contributed by atoms with E-state index in [0.717, 1.165) is 67.9 Å². The van der Waals surface area contributed by atoms with E-state index in [-0.39, 0.29) is 11.8 Å². The lowest BCUT2D eigenvalue weighted by Gasteiger charge is -2.43. The summed E-state index contributed by atoms with van der Waals surface area (Å²) in [5, 5.41) is 0. The Hall–Kier alpha value is -3.64. The van der Waals surface area contributed by atoms with E-state index in [1.807, 2.05) is 46.2 Å². The predicted molar refractivity (Wildman–Crippen MR) is 146 cm³/mol. The number of fused-ring (bicyclic) bond motifs is 1. The molecule has 0 unspecified atom stereocenters. The van der Waals surface area contributed by atoms with E-state index in [0.29, 0.717) is 19.6 Å². The number of likely N-dealkylation sites (tertiary alicyclic amines) is 1. The minimum absolute atomic E-state index is 0.201. The Labute approximate surface area is 219 Å². The van der Waals surface area contributed by atoms with Crippen LogP contribution in [0.25, 0.3) is 0 Å². The SMILES string of the molecule is O=C1Cc2ccccc2N1CCCN1CCC2(CC1)C(=O)N(Cc1ccccc1)CN2c1ccccc1. The van der Waals surface area contributed by atoms with Crippen LogP contribution < -0.4 is 9.80 Å². The molecule has 6 nitrogen and oxygen atoms in total. The number of carbonyl (C=O) groups excluding carboxylic acids is 2. The van der Waals surface area contributed by atoms with Crippen LogP contribution in [0.4, 0.5) is 11.4 Å². The molecule has 0 atom stereocenters. The zero-order valence-electron chi connectivity index (χ0n) is 21.3. The Morgan fingerprint density at radius 3 is 2.19 bits per heavy atom. The molecule has 6 rings (SSSR count). The third-order valence-corrected chi connectivity index (χ3v) is 8.26. The van der Waals surface area contributed by atoms with E-state index in [1.165, 1.54) is 0 Å². The Balaban J connectivity index is 1.11. The quantitative estimate of drug-likeness (QED) is 0.491. The monoisotopic (exact) mass is 494 g/mol. The second-order valence-corrected chi connectivity index (χ2v) is 10.5. The molecular formula is C31H34N4O2. The first-order chi connectivity index (χ1) is 18.1. The second kappa shape index (κ2) is 10.0. The van der Waals surface area contributed by atoms with E-state index >= 15 is 0 Å². The molecular weight excluding hydrogens is 460 g/mol. The molecule has 3 heterocycles. The van der Waals surface area contributed by atoms with Crippen molar-refractivity contribution in [2.24, 2.45) is 0 Å². The molecule has 3 aliphatic rings. The molecule has 37 heavy (non-hydrogen) atoms. The average Bonchev–Trinajstić information content (AvgIpc) is 3.40. The largest absolute Gasteiger partial charge is 0.339 e. The highest BCUT2D eigenvalue weighted by molar-refractivity contribution is 6.01. The van der Waals surface area contributed by atoms with Gasteiger partial charge < -0.3 is 19.6 Å². The summed E-state index contributed by atoms with van der Waals surface area (Å²) in [7, 11) is 0. The fraction of sp³-hybridized carbons (Fsp3) is 0.355. The molecule has 0 N–H and O–H groups in total. The van der Waals surface area contributed by atoms with Gasteiger partial charge in [0.1, 0.15) is 5.54 Å². The Kier molecular flexibility index (Phi) is 6.43. The van der Waals surface area contributed by atoms with Crippen molar-refractivity contribution in [1.82, 2.24) is 9.80 Å². The third kappa shape index (κ3) is 4.51. The van der Waals surface area contributed by atoms with Crippen LogP contribution in [-0.4, -0.2) is 60.0 Å². The van der Waals surface area contributed by atoms with Crippen LogP contribution in [-0.2, 0) is 22.6 Å². The Morgan fingerprint density at radius 1 is 0.757 bits per heavy atom. The molecule has 0 saturated carbocycles. The number of hydrogen-bond acceptors (Lipinski definition) is 4. The van der Waals surface area contributed by atoms with Gasteiger partial charge in [0.05, 0.1) is 13.1 Å². The summed E-state index contributed by atoms with van der Waals surface area (Å²) >= 11 is 0. The smallest absolute Gasteiger partial charge is 0.250 e. The highest BCUT2D eigenvalue weighted by Crippen LogP contribution is 2.40. The number of hydrogen-bond donors (Lipinski definition) is 0. The lowest BCUT2D eigenvalue weighted by Crippen LogP contribution is -2.56. The molecule has 3 aromatic carbocycles. The number of rotatable bonds is 7. The summed E-state index contributed by atoms with van der Waals surface area (Å²) < 4.78 is 0.